The summed E-state index contributed by atoms with van der Waals surface area (Å²) in [6.45, 7) is -0.397. The van der Waals surface area contributed by atoms with Crippen LogP contribution in [0.1, 0.15) is 27.1 Å². The number of carbonyl (C=O) groups excluding carboxylic acids is 4. The number of rotatable bonds is 5. The molecule has 0 unspecified atom stereocenters. The number of allylic oxidation sites excluding steroid dienone is 2. The van der Waals surface area contributed by atoms with Crippen LogP contribution in [-0.2, 0) is 14.3 Å². The number of halogens is 1. The molecule has 2 fully saturated rings. The van der Waals surface area contributed by atoms with Crippen LogP contribution >= 0.6 is 15.9 Å². The highest BCUT2D eigenvalue weighted by atomic mass is 79.9. The number of esters is 1. The molecule has 0 aromatic heterocycles. The molecule has 4 atom stereocenters. The maximum atomic E-state index is 13.0. The van der Waals surface area contributed by atoms with Crippen LogP contribution in [0, 0.1) is 23.7 Å². The van der Waals surface area contributed by atoms with Crippen molar-refractivity contribution in [1.29, 1.82) is 0 Å². The fraction of sp³-hybridized carbons (Fsp3) is 0.250. The Kier molecular flexibility index (Phi) is 4.85. The standard InChI is InChI=1S/C24H18BrNO5/c25-17-8-6-13(7-9-17)19(27)12-31-24(30)16-2-1-3-18(11-16)26-22(28)20-14-4-5-15(10-14)21(20)23(26)29/h1-9,11,14-15,20-21H,10,12H2/t14-,15-,20+,21+/m0/s1. The Hall–Kier alpha value is -3.06. The van der Waals surface area contributed by atoms with Gasteiger partial charge in [0.15, 0.2) is 12.4 Å². The summed E-state index contributed by atoms with van der Waals surface area (Å²) in [4.78, 5) is 51.9. The highest BCUT2D eigenvalue weighted by molar-refractivity contribution is 9.10. The summed E-state index contributed by atoms with van der Waals surface area (Å²) in [7, 11) is 0. The molecule has 156 valence electrons. The van der Waals surface area contributed by atoms with E-state index in [2.05, 4.69) is 15.9 Å². The number of amides is 2. The average molecular weight is 480 g/mol. The monoisotopic (exact) mass is 479 g/mol. The summed E-state index contributed by atoms with van der Waals surface area (Å²) in [5, 5.41) is 0. The fourth-order valence-corrected chi connectivity index (χ4v) is 5.13. The molecule has 1 saturated heterocycles. The molecular formula is C24H18BrNO5. The van der Waals surface area contributed by atoms with Crippen molar-refractivity contribution in [3.8, 4) is 0 Å². The van der Waals surface area contributed by atoms with Crippen LogP contribution in [0.25, 0.3) is 0 Å². The molecule has 2 aromatic rings. The highest BCUT2D eigenvalue weighted by Gasteiger charge is 2.59. The number of imide groups is 1. The van der Waals surface area contributed by atoms with Crippen molar-refractivity contribution in [1.82, 2.24) is 0 Å². The van der Waals surface area contributed by atoms with Gasteiger partial charge < -0.3 is 4.74 Å². The Morgan fingerprint density at radius 1 is 0.935 bits per heavy atom. The van der Waals surface area contributed by atoms with Gasteiger partial charge in [-0.2, -0.15) is 0 Å². The van der Waals surface area contributed by atoms with Crippen molar-refractivity contribution in [2.75, 3.05) is 11.5 Å². The van der Waals surface area contributed by atoms with Gasteiger partial charge in [0.25, 0.3) is 0 Å². The first kappa shape index (κ1) is 19.9. The predicted molar refractivity (Wildman–Crippen MR) is 115 cm³/mol. The fourth-order valence-electron chi connectivity index (χ4n) is 4.86. The van der Waals surface area contributed by atoms with Crippen molar-refractivity contribution in [3.05, 3.63) is 76.3 Å². The Labute approximate surface area is 187 Å². The minimum absolute atomic E-state index is 0.120. The number of anilines is 1. The third-order valence-corrected chi connectivity index (χ3v) is 6.84. The molecule has 2 aromatic carbocycles. The highest BCUT2D eigenvalue weighted by Crippen LogP contribution is 2.53. The van der Waals surface area contributed by atoms with E-state index in [1.54, 1.807) is 36.4 Å². The normalized spacial score (nSPS) is 25.8. The molecule has 0 spiro atoms. The van der Waals surface area contributed by atoms with Gasteiger partial charge in [-0.25, -0.2) is 9.69 Å². The molecule has 0 N–H and O–H groups in total. The number of carbonyl (C=O) groups is 4. The first-order chi connectivity index (χ1) is 14.9. The van der Waals surface area contributed by atoms with E-state index in [1.165, 1.54) is 17.0 Å². The van der Waals surface area contributed by atoms with E-state index < -0.39 is 12.6 Å². The molecule has 2 amide bonds. The van der Waals surface area contributed by atoms with Gasteiger partial charge in [-0.15, -0.1) is 0 Å². The second-order valence-corrected chi connectivity index (χ2v) is 8.98. The van der Waals surface area contributed by atoms with Gasteiger partial charge in [-0.05, 0) is 48.6 Å². The smallest absolute Gasteiger partial charge is 0.338 e. The van der Waals surface area contributed by atoms with Crippen LogP contribution < -0.4 is 4.90 Å². The van der Waals surface area contributed by atoms with Crippen molar-refractivity contribution >= 4 is 45.2 Å². The average Bonchev–Trinajstić information content (AvgIpc) is 3.46. The molecule has 1 aliphatic heterocycles. The Bertz CT molecular complexity index is 1110. The SMILES string of the molecule is O=C(COC(=O)c1cccc(N2C(=O)[C@H]3[C@H](C2=O)[C@H]2C=C[C@H]3C2)c1)c1ccc(Br)cc1. The topological polar surface area (TPSA) is 80.8 Å². The molecule has 5 rings (SSSR count). The third kappa shape index (κ3) is 3.33. The number of ether oxygens (including phenoxy) is 1. The number of Topliss-reactive ketones (excluding diaryl/α,β-unsaturated/α-hetero) is 1. The van der Waals surface area contributed by atoms with Gasteiger partial charge >= 0.3 is 5.97 Å². The third-order valence-electron chi connectivity index (χ3n) is 6.31. The lowest BCUT2D eigenvalue weighted by Gasteiger charge is -2.18. The number of fused-ring (bicyclic) bond motifs is 5. The van der Waals surface area contributed by atoms with Gasteiger partial charge in [0.1, 0.15) is 0 Å². The van der Waals surface area contributed by atoms with Crippen molar-refractivity contribution in [2.24, 2.45) is 23.7 Å². The number of benzene rings is 2. The second kappa shape index (κ2) is 7.57. The number of ketones is 1. The summed E-state index contributed by atoms with van der Waals surface area (Å²) in [5.41, 5.74) is 0.977. The summed E-state index contributed by atoms with van der Waals surface area (Å²) in [6.07, 6.45) is 4.94. The summed E-state index contributed by atoms with van der Waals surface area (Å²) in [5.74, 6) is -1.79. The van der Waals surface area contributed by atoms with E-state index in [0.29, 0.717) is 11.3 Å². The Balaban J connectivity index is 1.30. The maximum Gasteiger partial charge on any atom is 0.338 e. The van der Waals surface area contributed by atoms with E-state index in [4.69, 9.17) is 4.74 Å². The minimum atomic E-state index is -0.687. The van der Waals surface area contributed by atoms with E-state index in [0.717, 1.165) is 10.9 Å². The first-order valence-electron chi connectivity index (χ1n) is 10.1. The van der Waals surface area contributed by atoms with Gasteiger partial charge in [0, 0.05) is 10.0 Å². The van der Waals surface area contributed by atoms with Crippen LogP contribution in [0.2, 0.25) is 0 Å². The van der Waals surface area contributed by atoms with Crippen LogP contribution in [0.15, 0.2) is 65.2 Å². The lowest BCUT2D eigenvalue weighted by atomic mass is 9.85. The predicted octanol–water partition coefficient (Wildman–Crippen LogP) is 3.80. The van der Waals surface area contributed by atoms with E-state index >= 15 is 0 Å². The van der Waals surface area contributed by atoms with Crippen LogP contribution in [-0.4, -0.2) is 30.2 Å². The molecule has 1 heterocycles. The van der Waals surface area contributed by atoms with Gasteiger partial charge in [-0.1, -0.05) is 46.3 Å². The minimum Gasteiger partial charge on any atom is -0.454 e. The second-order valence-electron chi connectivity index (χ2n) is 8.07. The van der Waals surface area contributed by atoms with Gasteiger partial charge in [-0.3, -0.25) is 14.4 Å². The molecule has 0 radical (unpaired) electrons. The summed E-state index contributed by atoms with van der Waals surface area (Å²) < 4.78 is 6.01. The summed E-state index contributed by atoms with van der Waals surface area (Å²) in [6, 6.07) is 13.0. The van der Waals surface area contributed by atoms with E-state index in [-0.39, 0.29) is 46.8 Å². The zero-order chi connectivity index (χ0) is 21.7. The van der Waals surface area contributed by atoms with Crippen molar-refractivity contribution < 1.29 is 23.9 Å². The van der Waals surface area contributed by atoms with Crippen LogP contribution in [0.5, 0.6) is 0 Å². The molecule has 3 aliphatic rings. The number of nitrogens with zero attached hydrogens (tertiary/aromatic N) is 1. The van der Waals surface area contributed by atoms with Crippen LogP contribution in [0.3, 0.4) is 0 Å². The lowest BCUT2D eigenvalue weighted by Crippen LogP contribution is -2.33. The molecule has 2 bridgehead atoms. The largest absolute Gasteiger partial charge is 0.454 e. The quantitative estimate of drug-likeness (QED) is 0.282. The Morgan fingerprint density at radius 2 is 1.58 bits per heavy atom. The molecular weight excluding hydrogens is 462 g/mol. The Morgan fingerprint density at radius 3 is 2.23 bits per heavy atom. The van der Waals surface area contributed by atoms with Crippen LogP contribution in [0.4, 0.5) is 5.69 Å². The molecule has 6 nitrogen and oxygen atoms in total. The molecule has 31 heavy (non-hydrogen) atoms. The zero-order valence-electron chi connectivity index (χ0n) is 16.4. The van der Waals surface area contributed by atoms with Crippen molar-refractivity contribution in [3.63, 3.8) is 0 Å². The zero-order valence-corrected chi connectivity index (χ0v) is 17.9. The maximum absolute atomic E-state index is 13.0. The van der Waals surface area contributed by atoms with Gasteiger partial charge in [0.2, 0.25) is 11.8 Å². The molecule has 1 saturated carbocycles. The first-order valence-corrected chi connectivity index (χ1v) is 10.9. The lowest BCUT2D eigenvalue weighted by molar-refractivity contribution is -0.123. The number of hydrogen-bond acceptors (Lipinski definition) is 5. The van der Waals surface area contributed by atoms with Gasteiger partial charge in [0.05, 0.1) is 23.1 Å². The van der Waals surface area contributed by atoms with E-state index in [9.17, 15) is 19.2 Å². The number of hydrogen-bond donors (Lipinski definition) is 0. The van der Waals surface area contributed by atoms with Crippen molar-refractivity contribution in [2.45, 2.75) is 6.42 Å². The molecule has 2 aliphatic carbocycles. The summed E-state index contributed by atoms with van der Waals surface area (Å²) >= 11 is 3.30. The molecule has 7 heteroatoms. The van der Waals surface area contributed by atoms with E-state index in [1.807, 2.05) is 12.2 Å².